The fraction of sp³-hybridized carbons (Fsp3) is 0.647. The summed E-state index contributed by atoms with van der Waals surface area (Å²) in [6.45, 7) is 8.65. The number of carbonyl (C=O) groups is 1. The van der Waals surface area contributed by atoms with Gasteiger partial charge in [-0.05, 0) is 26.2 Å². The van der Waals surface area contributed by atoms with Crippen molar-refractivity contribution in [1.82, 2.24) is 30.6 Å². The maximum Gasteiger partial charge on any atom is 0.318 e. The zero-order chi connectivity index (χ0) is 18.0. The van der Waals surface area contributed by atoms with E-state index < -0.39 is 0 Å². The third kappa shape index (κ3) is 3.83. The SMILES string of the molecule is CC(NC(=O)N1CCCCC1c1cn[nH]c1)c1nc(C(C)(C)C)no1. The van der Waals surface area contributed by atoms with Crippen molar-refractivity contribution in [3.05, 3.63) is 29.7 Å². The third-order valence-electron chi connectivity index (χ3n) is 4.49. The summed E-state index contributed by atoms with van der Waals surface area (Å²) in [5, 5.41) is 13.8. The van der Waals surface area contributed by atoms with E-state index in [1.807, 2.05) is 38.8 Å². The molecule has 2 N–H and O–H groups in total. The number of rotatable bonds is 3. The maximum absolute atomic E-state index is 12.8. The van der Waals surface area contributed by atoms with Crippen molar-refractivity contribution < 1.29 is 9.32 Å². The molecule has 0 spiro atoms. The van der Waals surface area contributed by atoms with Crippen LogP contribution >= 0.6 is 0 Å². The van der Waals surface area contributed by atoms with Gasteiger partial charge in [-0.1, -0.05) is 25.9 Å². The molecule has 8 nitrogen and oxygen atoms in total. The van der Waals surface area contributed by atoms with Gasteiger partial charge in [-0.3, -0.25) is 5.10 Å². The Bertz CT molecular complexity index is 703. The van der Waals surface area contributed by atoms with Gasteiger partial charge in [0.15, 0.2) is 5.82 Å². The van der Waals surface area contributed by atoms with Gasteiger partial charge < -0.3 is 14.7 Å². The number of aromatic nitrogens is 4. The van der Waals surface area contributed by atoms with E-state index in [9.17, 15) is 4.79 Å². The van der Waals surface area contributed by atoms with E-state index in [-0.39, 0.29) is 23.5 Å². The van der Waals surface area contributed by atoms with Crippen LogP contribution in [0, 0.1) is 0 Å². The number of hydrogen-bond acceptors (Lipinski definition) is 5. The molecule has 0 aromatic carbocycles. The van der Waals surface area contributed by atoms with Crippen LogP contribution < -0.4 is 5.32 Å². The number of nitrogens with one attached hydrogen (secondary N) is 2. The maximum atomic E-state index is 12.8. The van der Waals surface area contributed by atoms with Crippen LogP contribution in [0.2, 0.25) is 0 Å². The molecule has 2 amide bonds. The Hall–Kier alpha value is -2.38. The second-order valence-electron chi connectivity index (χ2n) is 7.61. The summed E-state index contributed by atoms with van der Waals surface area (Å²) in [6, 6.07) is -0.413. The normalized spacial score (nSPS) is 19.7. The van der Waals surface area contributed by atoms with Gasteiger partial charge >= 0.3 is 6.03 Å². The summed E-state index contributed by atoms with van der Waals surface area (Å²) in [5.74, 6) is 1.06. The molecule has 2 aromatic heterocycles. The highest BCUT2D eigenvalue weighted by atomic mass is 16.5. The number of likely N-dealkylation sites (tertiary alicyclic amines) is 1. The predicted octanol–water partition coefficient (Wildman–Crippen LogP) is 3.09. The fourth-order valence-electron chi connectivity index (χ4n) is 3.01. The number of carbonyl (C=O) groups excluding carboxylic acids is 1. The van der Waals surface area contributed by atoms with Crippen molar-refractivity contribution in [3.63, 3.8) is 0 Å². The summed E-state index contributed by atoms with van der Waals surface area (Å²) in [4.78, 5) is 19.1. The van der Waals surface area contributed by atoms with E-state index >= 15 is 0 Å². The molecule has 2 unspecified atom stereocenters. The number of hydrogen-bond donors (Lipinski definition) is 2. The zero-order valence-corrected chi connectivity index (χ0v) is 15.2. The largest absolute Gasteiger partial charge is 0.337 e. The van der Waals surface area contributed by atoms with Gasteiger partial charge in [0.2, 0.25) is 5.89 Å². The van der Waals surface area contributed by atoms with E-state index in [0.717, 1.165) is 31.4 Å². The molecule has 1 saturated heterocycles. The van der Waals surface area contributed by atoms with E-state index in [1.165, 1.54) is 0 Å². The average Bonchev–Trinajstić information content (AvgIpc) is 3.26. The van der Waals surface area contributed by atoms with Crippen LogP contribution in [0.1, 0.15) is 76.3 Å². The van der Waals surface area contributed by atoms with Crippen LogP contribution in [-0.4, -0.2) is 37.8 Å². The van der Waals surface area contributed by atoms with Crippen LogP contribution in [0.5, 0.6) is 0 Å². The molecule has 136 valence electrons. The minimum Gasteiger partial charge on any atom is -0.337 e. The average molecular weight is 346 g/mol. The van der Waals surface area contributed by atoms with E-state index in [4.69, 9.17) is 4.52 Å². The third-order valence-corrected chi connectivity index (χ3v) is 4.49. The summed E-state index contributed by atoms with van der Waals surface area (Å²) in [6.07, 6.45) is 6.69. The van der Waals surface area contributed by atoms with Crippen LogP contribution in [0.25, 0.3) is 0 Å². The summed E-state index contributed by atoms with van der Waals surface area (Å²) in [5.41, 5.74) is 0.848. The van der Waals surface area contributed by atoms with Gasteiger partial charge in [0, 0.05) is 23.7 Å². The molecule has 1 aliphatic heterocycles. The minimum absolute atomic E-state index is 0.0486. The molecule has 25 heavy (non-hydrogen) atoms. The fourth-order valence-corrected chi connectivity index (χ4v) is 3.01. The van der Waals surface area contributed by atoms with Gasteiger partial charge in [0.1, 0.15) is 6.04 Å². The minimum atomic E-state index is -0.344. The Labute approximate surface area is 147 Å². The summed E-state index contributed by atoms with van der Waals surface area (Å²) in [7, 11) is 0. The highest BCUT2D eigenvalue weighted by molar-refractivity contribution is 5.75. The number of piperidine rings is 1. The molecule has 0 saturated carbocycles. The molecule has 1 fully saturated rings. The number of aromatic amines is 1. The first-order valence-corrected chi connectivity index (χ1v) is 8.76. The Kier molecular flexibility index (Phi) is 4.78. The molecule has 2 aromatic rings. The lowest BCUT2D eigenvalue weighted by molar-refractivity contribution is 0.147. The summed E-state index contributed by atoms with van der Waals surface area (Å²) < 4.78 is 5.33. The second-order valence-corrected chi connectivity index (χ2v) is 7.61. The predicted molar refractivity (Wildman–Crippen MR) is 91.8 cm³/mol. The molecule has 3 rings (SSSR count). The first kappa shape index (κ1) is 17.4. The molecule has 2 atom stereocenters. The van der Waals surface area contributed by atoms with E-state index in [2.05, 4.69) is 25.7 Å². The van der Waals surface area contributed by atoms with Crippen molar-refractivity contribution >= 4 is 6.03 Å². The van der Waals surface area contributed by atoms with Crippen molar-refractivity contribution in [2.45, 2.75) is 64.5 Å². The van der Waals surface area contributed by atoms with Crippen molar-refractivity contribution in [2.24, 2.45) is 0 Å². The number of nitrogens with zero attached hydrogens (tertiary/aromatic N) is 4. The van der Waals surface area contributed by atoms with Crippen LogP contribution in [0.3, 0.4) is 0 Å². The number of urea groups is 1. The zero-order valence-electron chi connectivity index (χ0n) is 15.2. The standard InChI is InChI=1S/C17H26N6O2/c1-11(14-21-15(22-25-14)17(2,3)4)20-16(24)23-8-6-5-7-13(23)12-9-18-19-10-12/h9-11,13H,5-8H2,1-4H3,(H,18,19)(H,20,24). The van der Waals surface area contributed by atoms with Crippen molar-refractivity contribution in [2.75, 3.05) is 6.54 Å². The van der Waals surface area contributed by atoms with Crippen molar-refractivity contribution in [3.8, 4) is 0 Å². The van der Waals surface area contributed by atoms with Gasteiger partial charge in [-0.15, -0.1) is 0 Å². The highest BCUT2D eigenvalue weighted by Crippen LogP contribution is 2.30. The molecule has 0 aliphatic carbocycles. The summed E-state index contributed by atoms with van der Waals surface area (Å²) >= 11 is 0. The van der Waals surface area contributed by atoms with Crippen LogP contribution in [0.15, 0.2) is 16.9 Å². The topological polar surface area (TPSA) is 99.9 Å². The monoisotopic (exact) mass is 346 g/mol. The number of amides is 2. The van der Waals surface area contributed by atoms with Gasteiger partial charge in [0.05, 0.1) is 12.2 Å². The lowest BCUT2D eigenvalue weighted by Crippen LogP contribution is -2.45. The Morgan fingerprint density at radius 2 is 2.24 bits per heavy atom. The second kappa shape index (κ2) is 6.85. The van der Waals surface area contributed by atoms with E-state index in [0.29, 0.717) is 11.7 Å². The first-order chi connectivity index (χ1) is 11.9. The van der Waals surface area contributed by atoms with Gasteiger partial charge in [0.25, 0.3) is 0 Å². The first-order valence-electron chi connectivity index (χ1n) is 8.76. The Morgan fingerprint density at radius 3 is 2.88 bits per heavy atom. The molecular weight excluding hydrogens is 320 g/mol. The lowest BCUT2D eigenvalue weighted by Gasteiger charge is -2.35. The van der Waals surface area contributed by atoms with Gasteiger partial charge in [-0.25, -0.2) is 4.79 Å². The number of H-pyrrole nitrogens is 1. The van der Waals surface area contributed by atoms with Crippen LogP contribution in [0.4, 0.5) is 4.79 Å². The molecule has 1 aliphatic rings. The van der Waals surface area contributed by atoms with Gasteiger partial charge in [-0.2, -0.15) is 10.1 Å². The quantitative estimate of drug-likeness (QED) is 0.889. The van der Waals surface area contributed by atoms with E-state index in [1.54, 1.807) is 6.20 Å². The molecule has 8 heteroatoms. The van der Waals surface area contributed by atoms with Crippen molar-refractivity contribution in [1.29, 1.82) is 0 Å². The Balaban J connectivity index is 1.69. The molecular formula is C17H26N6O2. The molecule has 0 radical (unpaired) electrons. The highest BCUT2D eigenvalue weighted by Gasteiger charge is 2.30. The van der Waals surface area contributed by atoms with Crippen LogP contribution in [-0.2, 0) is 5.41 Å². The Morgan fingerprint density at radius 1 is 1.44 bits per heavy atom. The molecule has 0 bridgehead atoms. The smallest absolute Gasteiger partial charge is 0.318 e. The lowest BCUT2D eigenvalue weighted by atomic mass is 9.96. The molecule has 3 heterocycles.